The van der Waals surface area contributed by atoms with E-state index < -0.39 is 0 Å². The van der Waals surface area contributed by atoms with Gasteiger partial charge < -0.3 is 0 Å². The van der Waals surface area contributed by atoms with E-state index in [1.807, 2.05) is 6.07 Å². The van der Waals surface area contributed by atoms with Crippen molar-refractivity contribution < 1.29 is 0 Å². The first-order chi connectivity index (χ1) is 8.22. The van der Waals surface area contributed by atoms with Gasteiger partial charge in [0, 0.05) is 17.5 Å². The van der Waals surface area contributed by atoms with Crippen molar-refractivity contribution >= 4 is 35.3 Å². The Morgan fingerprint density at radius 1 is 1.12 bits per heavy atom. The zero-order chi connectivity index (χ0) is 12.0. The van der Waals surface area contributed by atoms with Gasteiger partial charge in [-0.05, 0) is 27.8 Å². The Bertz CT molecular complexity index is 738. The lowest BCUT2D eigenvalue weighted by molar-refractivity contribution is 1.22. The van der Waals surface area contributed by atoms with Crippen LogP contribution in [0.1, 0.15) is 18.9 Å². The molecule has 0 unspecified atom stereocenters. The van der Waals surface area contributed by atoms with Crippen LogP contribution in [0.25, 0.3) is 23.9 Å². The Kier molecular flexibility index (Phi) is 2.15. The third-order valence-corrected chi connectivity index (χ3v) is 3.58. The van der Waals surface area contributed by atoms with Crippen LogP contribution in [0.4, 0.5) is 5.69 Å². The Morgan fingerprint density at radius 3 is 2.53 bits per heavy atom. The van der Waals surface area contributed by atoms with E-state index in [1.165, 1.54) is 22.0 Å². The van der Waals surface area contributed by atoms with Crippen LogP contribution in [0, 0.1) is 0 Å². The molecule has 1 aliphatic rings. The highest BCUT2D eigenvalue weighted by Gasteiger charge is 2.17. The first-order valence-corrected chi connectivity index (χ1v) is 6.00. The molecule has 0 amide bonds. The van der Waals surface area contributed by atoms with Crippen molar-refractivity contribution in [2.45, 2.75) is 19.8 Å². The van der Waals surface area contributed by atoms with Gasteiger partial charge in [-0.1, -0.05) is 44.3 Å². The first-order valence-electron chi connectivity index (χ1n) is 6.00. The maximum absolute atomic E-state index is 4.75. The number of aliphatic imine (C=N–C) groups is 1. The number of hydrogen-bond acceptors (Lipinski definition) is 1. The zero-order valence-electron chi connectivity index (χ0n) is 10.1. The molecule has 0 saturated carbocycles. The molecule has 0 atom stereocenters. The monoisotopic (exact) mass is 221 g/mol. The van der Waals surface area contributed by atoms with E-state index in [4.69, 9.17) is 4.99 Å². The lowest BCUT2D eigenvalue weighted by Gasteiger charge is -2.05. The second kappa shape index (κ2) is 3.56. The van der Waals surface area contributed by atoms with Crippen molar-refractivity contribution in [2.75, 3.05) is 0 Å². The van der Waals surface area contributed by atoms with Crippen LogP contribution in [0.15, 0.2) is 29.3 Å². The molecule has 0 N–H and O–H groups in total. The second-order valence-electron chi connectivity index (χ2n) is 4.54. The molecule has 0 spiro atoms. The topological polar surface area (TPSA) is 12.4 Å². The highest BCUT2D eigenvalue weighted by atomic mass is 14.8. The number of benzene rings is 2. The molecule has 0 fully saturated rings. The minimum Gasteiger partial charge on any atom is -0.257 e. The maximum atomic E-state index is 4.75. The van der Waals surface area contributed by atoms with E-state index in [9.17, 15) is 0 Å². The fourth-order valence-corrected chi connectivity index (χ4v) is 2.53. The van der Waals surface area contributed by atoms with Crippen LogP contribution in [0.2, 0.25) is 0 Å². The smallest absolute Gasteiger partial charge is 0.0749 e. The predicted octanol–water partition coefficient (Wildman–Crippen LogP) is 2.70. The maximum Gasteiger partial charge on any atom is 0.0749 e. The highest BCUT2D eigenvalue weighted by molar-refractivity contribution is 6.03. The van der Waals surface area contributed by atoms with E-state index in [1.54, 1.807) is 0 Å². The van der Waals surface area contributed by atoms with E-state index in [-0.39, 0.29) is 0 Å². The van der Waals surface area contributed by atoms with E-state index in [0.29, 0.717) is 0 Å². The minimum absolute atomic E-state index is 0.942. The highest BCUT2D eigenvalue weighted by Crippen LogP contribution is 2.31. The SMILES string of the molecule is C=c1c2c(c3ccccc3c1=C)N=C(CC)C2. The Morgan fingerprint density at radius 2 is 1.82 bits per heavy atom. The van der Waals surface area contributed by atoms with Crippen molar-refractivity contribution in [3.8, 4) is 0 Å². The predicted molar refractivity (Wildman–Crippen MR) is 75.3 cm³/mol. The van der Waals surface area contributed by atoms with Gasteiger partial charge >= 0.3 is 0 Å². The van der Waals surface area contributed by atoms with Crippen LogP contribution in [-0.2, 0) is 6.42 Å². The van der Waals surface area contributed by atoms with E-state index >= 15 is 0 Å². The molecule has 0 saturated heterocycles. The summed E-state index contributed by atoms with van der Waals surface area (Å²) in [4.78, 5) is 4.75. The average Bonchev–Trinajstić information content (AvgIpc) is 2.80. The van der Waals surface area contributed by atoms with Gasteiger partial charge in [0.05, 0.1) is 5.69 Å². The lowest BCUT2D eigenvalue weighted by Crippen LogP contribution is -2.26. The normalized spacial score (nSPS) is 13.8. The van der Waals surface area contributed by atoms with Gasteiger partial charge in [-0.15, -0.1) is 0 Å². The van der Waals surface area contributed by atoms with Crippen molar-refractivity contribution in [1.82, 2.24) is 0 Å². The number of nitrogens with zero attached hydrogens (tertiary/aromatic N) is 1. The summed E-state index contributed by atoms with van der Waals surface area (Å²) in [6.45, 7) is 10.5. The standard InChI is InChI=1S/C16H15N/c1-4-12-9-15-11(3)10(2)13-7-5-6-8-14(13)16(15)17-12/h5-8H,2-4,9H2,1H3. The number of hydrogen-bond donors (Lipinski definition) is 0. The Hall–Kier alpha value is -1.89. The van der Waals surface area contributed by atoms with Crippen molar-refractivity contribution in [3.05, 3.63) is 40.3 Å². The van der Waals surface area contributed by atoms with Crippen LogP contribution in [-0.4, -0.2) is 5.71 Å². The molecule has 1 heterocycles. The molecule has 2 aromatic carbocycles. The van der Waals surface area contributed by atoms with E-state index in [0.717, 1.165) is 29.0 Å². The van der Waals surface area contributed by atoms with Crippen LogP contribution < -0.4 is 10.4 Å². The molecule has 0 aromatic heterocycles. The fourth-order valence-electron chi connectivity index (χ4n) is 2.53. The summed E-state index contributed by atoms with van der Waals surface area (Å²) in [5, 5.41) is 4.50. The quantitative estimate of drug-likeness (QED) is 0.702. The first kappa shape index (κ1) is 10.3. The van der Waals surface area contributed by atoms with Gasteiger partial charge in [0.1, 0.15) is 0 Å². The molecule has 17 heavy (non-hydrogen) atoms. The van der Waals surface area contributed by atoms with Crippen LogP contribution in [0.3, 0.4) is 0 Å². The molecule has 0 aliphatic carbocycles. The zero-order valence-corrected chi connectivity index (χ0v) is 10.1. The summed E-state index contributed by atoms with van der Waals surface area (Å²) in [6, 6.07) is 8.34. The third-order valence-electron chi connectivity index (χ3n) is 3.58. The molecule has 1 aliphatic heterocycles. The van der Waals surface area contributed by atoms with Gasteiger partial charge in [0.15, 0.2) is 0 Å². The molecular formula is C16H15N. The number of fused-ring (bicyclic) bond motifs is 3. The molecule has 3 rings (SSSR count). The van der Waals surface area contributed by atoms with Gasteiger partial charge in [-0.2, -0.15) is 0 Å². The van der Waals surface area contributed by atoms with Crippen molar-refractivity contribution in [2.24, 2.45) is 4.99 Å². The minimum atomic E-state index is 0.942. The van der Waals surface area contributed by atoms with Gasteiger partial charge in [0.25, 0.3) is 0 Å². The number of rotatable bonds is 1. The van der Waals surface area contributed by atoms with Gasteiger partial charge in [-0.25, -0.2) is 0 Å². The summed E-state index contributed by atoms with van der Waals surface area (Å²) in [7, 11) is 0. The Balaban J connectivity index is 2.50. The fraction of sp³-hybridized carbons (Fsp3) is 0.188. The van der Waals surface area contributed by atoms with Crippen LogP contribution in [0.5, 0.6) is 0 Å². The molecule has 84 valence electrons. The summed E-state index contributed by atoms with van der Waals surface area (Å²) >= 11 is 0. The molecule has 1 nitrogen and oxygen atoms in total. The molecule has 0 radical (unpaired) electrons. The summed E-state index contributed by atoms with van der Waals surface area (Å²) in [6.07, 6.45) is 1.95. The second-order valence-corrected chi connectivity index (χ2v) is 4.54. The molecule has 2 aromatic rings. The largest absolute Gasteiger partial charge is 0.257 e. The van der Waals surface area contributed by atoms with Gasteiger partial charge in [-0.3, -0.25) is 4.99 Å². The molecular weight excluding hydrogens is 206 g/mol. The Labute approximate surface area is 101 Å². The molecule has 1 heteroatoms. The summed E-state index contributed by atoms with van der Waals surface area (Å²) < 4.78 is 0. The van der Waals surface area contributed by atoms with Crippen molar-refractivity contribution in [1.29, 1.82) is 0 Å². The van der Waals surface area contributed by atoms with Crippen LogP contribution >= 0.6 is 0 Å². The summed E-state index contributed by atoms with van der Waals surface area (Å²) in [5.41, 5.74) is 3.64. The summed E-state index contributed by atoms with van der Waals surface area (Å²) in [5.74, 6) is 0. The van der Waals surface area contributed by atoms with Gasteiger partial charge in [0.2, 0.25) is 0 Å². The third kappa shape index (κ3) is 1.35. The average molecular weight is 221 g/mol. The lowest BCUT2D eigenvalue weighted by atomic mass is 9.99. The van der Waals surface area contributed by atoms with Crippen molar-refractivity contribution in [3.63, 3.8) is 0 Å². The van der Waals surface area contributed by atoms with E-state index in [2.05, 4.69) is 38.3 Å². The molecule has 0 bridgehead atoms.